The number of rotatable bonds is 6. The molecule has 0 aliphatic carbocycles. The number of benzene rings is 1. The molecule has 1 saturated heterocycles. The lowest BCUT2D eigenvalue weighted by atomic mass is 9.96. The van der Waals surface area contributed by atoms with Crippen LogP contribution in [0.15, 0.2) is 29.2 Å². The highest BCUT2D eigenvalue weighted by atomic mass is 32.2. The van der Waals surface area contributed by atoms with Gasteiger partial charge in [-0.3, -0.25) is 4.79 Å². The van der Waals surface area contributed by atoms with Crippen LogP contribution in [0.1, 0.15) is 20.3 Å². The van der Waals surface area contributed by atoms with Gasteiger partial charge >= 0.3 is 5.97 Å². The molecule has 0 atom stereocenters. The zero-order valence-corrected chi connectivity index (χ0v) is 12.9. The Labute approximate surface area is 124 Å². The second kappa shape index (κ2) is 6.03. The number of hydrogen-bond donors (Lipinski definition) is 2. The largest absolute Gasteiger partial charge is 0.481 e. The highest BCUT2D eigenvalue weighted by Crippen LogP contribution is 2.27. The molecule has 1 heterocycles. The van der Waals surface area contributed by atoms with Crippen molar-refractivity contribution in [2.45, 2.75) is 31.2 Å². The Morgan fingerprint density at radius 3 is 2.38 bits per heavy atom. The van der Waals surface area contributed by atoms with Crippen LogP contribution < -0.4 is 9.62 Å². The zero-order valence-electron chi connectivity index (χ0n) is 12.1. The highest BCUT2D eigenvalue weighted by molar-refractivity contribution is 7.89. The molecule has 116 valence electrons. The number of carbonyl (C=O) groups is 1. The lowest BCUT2D eigenvalue weighted by molar-refractivity contribution is -0.138. The van der Waals surface area contributed by atoms with E-state index in [2.05, 4.69) is 4.72 Å². The molecule has 2 rings (SSSR count). The van der Waals surface area contributed by atoms with Crippen LogP contribution in [0.4, 0.5) is 5.69 Å². The van der Waals surface area contributed by atoms with Crippen molar-refractivity contribution in [2.24, 2.45) is 5.92 Å². The van der Waals surface area contributed by atoms with E-state index in [-0.39, 0.29) is 23.3 Å². The number of carboxylic acid groups (broad SMARTS) is 1. The predicted octanol–water partition coefficient (Wildman–Crippen LogP) is 1.28. The number of aliphatic carboxylic acids is 1. The van der Waals surface area contributed by atoms with Gasteiger partial charge < -0.3 is 10.0 Å². The number of hydrogen-bond acceptors (Lipinski definition) is 4. The van der Waals surface area contributed by atoms with Gasteiger partial charge in [-0.1, -0.05) is 0 Å². The third-order valence-electron chi connectivity index (χ3n) is 3.32. The van der Waals surface area contributed by atoms with Gasteiger partial charge in [-0.25, -0.2) is 13.1 Å². The second-order valence-electron chi connectivity index (χ2n) is 5.64. The van der Waals surface area contributed by atoms with Crippen LogP contribution in [-0.4, -0.2) is 38.6 Å². The van der Waals surface area contributed by atoms with Crippen LogP contribution in [0.2, 0.25) is 0 Å². The van der Waals surface area contributed by atoms with Gasteiger partial charge in [0.15, 0.2) is 0 Å². The maximum absolute atomic E-state index is 12.0. The first-order valence-electron chi connectivity index (χ1n) is 6.87. The highest BCUT2D eigenvalue weighted by Gasteiger charge is 2.28. The summed E-state index contributed by atoms with van der Waals surface area (Å²) in [7, 11) is -3.46. The van der Waals surface area contributed by atoms with Gasteiger partial charge in [0.05, 0.1) is 11.3 Å². The van der Waals surface area contributed by atoms with Crippen molar-refractivity contribution in [2.75, 3.05) is 18.0 Å². The molecule has 1 aliphatic rings. The summed E-state index contributed by atoms with van der Waals surface area (Å²) in [6.45, 7) is 4.94. The molecule has 7 heteroatoms. The molecular formula is C14H20N2O4S. The normalized spacial score (nSPS) is 16.0. The Bertz CT molecular complexity index is 604. The molecule has 1 aliphatic heterocycles. The average Bonchev–Trinajstić information content (AvgIpc) is 2.31. The minimum atomic E-state index is -3.46. The lowest BCUT2D eigenvalue weighted by Crippen LogP contribution is -2.47. The van der Waals surface area contributed by atoms with E-state index in [9.17, 15) is 13.2 Å². The molecule has 0 unspecified atom stereocenters. The summed E-state index contributed by atoms with van der Waals surface area (Å²) < 4.78 is 26.5. The van der Waals surface area contributed by atoms with Crippen molar-refractivity contribution in [3.8, 4) is 0 Å². The van der Waals surface area contributed by atoms with E-state index >= 15 is 0 Å². The van der Waals surface area contributed by atoms with Gasteiger partial charge in [0.1, 0.15) is 0 Å². The van der Waals surface area contributed by atoms with Gasteiger partial charge in [-0.05, 0) is 38.1 Å². The lowest BCUT2D eigenvalue weighted by Gasteiger charge is -2.40. The van der Waals surface area contributed by atoms with Crippen LogP contribution in [-0.2, 0) is 14.8 Å². The Balaban J connectivity index is 1.99. The molecule has 0 radical (unpaired) electrons. The van der Waals surface area contributed by atoms with Crippen LogP contribution in [0.5, 0.6) is 0 Å². The van der Waals surface area contributed by atoms with Gasteiger partial charge in [0.2, 0.25) is 10.0 Å². The van der Waals surface area contributed by atoms with Crippen molar-refractivity contribution in [1.29, 1.82) is 0 Å². The molecule has 1 fully saturated rings. The topological polar surface area (TPSA) is 86.7 Å². The second-order valence-corrected chi connectivity index (χ2v) is 7.35. The van der Waals surface area contributed by atoms with Crippen LogP contribution in [0.25, 0.3) is 0 Å². The summed E-state index contributed by atoms with van der Waals surface area (Å²) in [6, 6.07) is 6.51. The zero-order chi connectivity index (χ0) is 15.6. The van der Waals surface area contributed by atoms with E-state index in [4.69, 9.17) is 5.11 Å². The van der Waals surface area contributed by atoms with Crippen LogP contribution in [0.3, 0.4) is 0 Å². The standard InChI is InChI=1S/C14H20N2O4S/c1-10(2)15-21(19,20)13-5-3-12(4-6-13)16-8-11(9-16)7-14(17)18/h3-6,10-11,15H,7-9H2,1-2H3,(H,17,18). The third-order valence-corrected chi connectivity index (χ3v) is 5.00. The first-order valence-corrected chi connectivity index (χ1v) is 8.35. The minimum absolute atomic E-state index is 0.151. The average molecular weight is 312 g/mol. The molecule has 0 saturated carbocycles. The fraction of sp³-hybridized carbons (Fsp3) is 0.500. The number of nitrogens with zero attached hydrogens (tertiary/aromatic N) is 1. The van der Waals surface area contributed by atoms with E-state index in [1.165, 1.54) is 0 Å². The quantitative estimate of drug-likeness (QED) is 0.826. The maximum Gasteiger partial charge on any atom is 0.303 e. The fourth-order valence-corrected chi connectivity index (χ4v) is 3.62. The van der Waals surface area contributed by atoms with Gasteiger partial charge in [0, 0.05) is 30.7 Å². The van der Waals surface area contributed by atoms with Gasteiger partial charge in [0.25, 0.3) is 0 Å². The van der Waals surface area contributed by atoms with Gasteiger partial charge in [-0.15, -0.1) is 0 Å². The Hall–Kier alpha value is -1.60. The van der Waals surface area contributed by atoms with Crippen molar-refractivity contribution in [1.82, 2.24) is 4.72 Å². The minimum Gasteiger partial charge on any atom is -0.481 e. The number of sulfonamides is 1. The van der Waals surface area contributed by atoms with E-state index in [1.807, 2.05) is 4.90 Å². The summed E-state index contributed by atoms with van der Waals surface area (Å²) in [5.74, 6) is -0.602. The monoisotopic (exact) mass is 312 g/mol. The first-order chi connectivity index (χ1) is 9.78. The molecule has 1 aromatic rings. The molecule has 0 aromatic heterocycles. The number of nitrogens with one attached hydrogen (secondary N) is 1. The number of anilines is 1. The Kier molecular flexibility index (Phi) is 4.53. The van der Waals surface area contributed by atoms with Gasteiger partial charge in [-0.2, -0.15) is 0 Å². The Morgan fingerprint density at radius 2 is 1.90 bits per heavy atom. The van der Waals surface area contributed by atoms with Crippen LogP contribution >= 0.6 is 0 Å². The molecule has 21 heavy (non-hydrogen) atoms. The molecule has 0 bridgehead atoms. The van der Waals surface area contributed by atoms with E-state index in [1.54, 1.807) is 38.1 Å². The smallest absolute Gasteiger partial charge is 0.303 e. The molecular weight excluding hydrogens is 292 g/mol. The molecule has 1 aromatic carbocycles. The van der Waals surface area contributed by atoms with Crippen molar-refractivity contribution in [3.05, 3.63) is 24.3 Å². The SMILES string of the molecule is CC(C)NS(=O)(=O)c1ccc(N2CC(CC(=O)O)C2)cc1. The summed E-state index contributed by atoms with van der Waals surface area (Å²) in [6.07, 6.45) is 0.182. The summed E-state index contributed by atoms with van der Waals surface area (Å²) in [5.41, 5.74) is 0.917. The molecule has 6 nitrogen and oxygen atoms in total. The van der Waals surface area contributed by atoms with E-state index < -0.39 is 16.0 Å². The predicted molar refractivity (Wildman–Crippen MR) is 79.9 cm³/mol. The summed E-state index contributed by atoms with van der Waals surface area (Å²) in [4.78, 5) is 12.9. The fourth-order valence-electron chi connectivity index (χ4n) is 2.37. The third kappa shape index (κ3) is 3.95. The van der Waals surface area contributed by atoms with E-state index in [0.717, 1.165) is 5.69 Å². The first kappa shape index (κ1) is 15.8. The van der Waals surface area contributed by atoms with Crippen molar-refractivity contribution >= 4 is 21.7 Å². The molecule has 0 spiro atoms. The number of carboxylic acids is 1. The van der Waals surface area contributed by atoms with E-state index in [0.29, 0.717) is 13.1 Å². The van der Waals surface area contributed by atoms with Crippen molar-refractivity contribution in [3.63, 3.8) is 0 Å². The van der Waals surface area contributed by atoms with Crippen LogP contribution in [0, 0.1) is 5.92 Å². The summed E-state index contributed by atoms with van der Waals surface area (Å²) in [5, 5.41) is 8.71. The maximum atomic E-state index is 12.0. The molecule has 2 N–H and O–H groups in total. The Morgan fingerprint density at radius 1 is 1.33 bits per heavy atom. The molecule has 0 amide bonds. The van der Waals surface area contributed by atoms with Crippen molar-refractivity contribution < 1.29 is 18.3 Å². The summed E-state index contributed by atoms with van der Waals surface area (Å²) >= 11 is 0.